The second-order valence-electron chi connectivity index (χ2n) is 8.97. The van der Waals surface area contributed by atoms with E-state index in [1.54, 1.807) is 48.5 Å². The highest BCUT2D eigenvalue weighted by Gasteiger charge is 2.13. The van der Waals surface area contributed by atoms with Gasteiger partial charge in [-0.05, 0) is 22.3 Å². The number of benzene rings is 4. The predicted molar refractivity (Wildman–Crippen MR) is 163 cm³/mol. The van der Waals surface area contributed by atoms with Gasteiger partial charge in [0.1, 0.15) is 0 Å². The normalized spacial score (nSPS) is 10.2. The molecule has 0 radical (unpaired) electrons. The van der Waals surface area contributed by atoms with E-state index in [1.807, 2.05) is 4.90 Å². The molecule has 0 saturated heterocycles. The average molecular weight is 655 g/mol. The maximum Gasteiger partial charge on any atom is 0.269 e. The molecule has 0 fully saturated rings. The van der Waals surface area contributed by atoms with Crippen LogP contribution in [0.15, 0.2) is 97.1 Å². The number of non-ortho nitro benzene ring substituents is 4. The van der Waals surface area contributed by atoms with E-state index in [2.05, 4.69) is 15.9 Å². The molecule has 0 aliphatic heterocycles. The maximum absolute atomic E-state index is 10.9. The predicted octanol–water partition coefficient (Wildman–Crippen LogP) is 7.27. The second-order valence-corrected chi connectivity index (χ2v) is 9.53. The van der Waals surface area contributed by atoms with Crippen molar-refractivity contribution < 1.29 is 19.7 Å². The number of alkyl halides is 1. The Kier molecular flexibility index (Phi) is 13.0. The SMILES string of the molecule is N.O=[N+]([O-])c1ccc(CBr)cc1.O=[N+]([O-])c1ccc(CN(Cc2ccc([N+](=O)[O-])cc2)Cc2ccc([N+](=O)[O-])cc2)cc1. The highest BCUT2D eigenvalue weighted by atomic mass is 79.9. The van der Waals surface area contributed by atoms with Crippen LogP contribution in [0, 0.1) is 40.5 Å². The molecule has 4 aromatic carbocycles. The standard InChI is InChI=1S/C21H18N4O6.C7H6BrNO2.H3N/c26-23(27)19-7-1-16(2-8-19)13-22(14-17-3-9-20(10-4-17)24(28)29)15-18-5-11-21(12-6-18)25(30)31;8-5-6-1-3-7(4-2-6)9(10)11;/h1-12H,13-15H2;1-4H,5H2;1H3. The van der Waals surface area contributed by atoms with Crippen LogP contribution in [-0.2, 0) is 25.0 Å². The molecule has 14 nitrogen and oxygen atoms in total. The first-order chi connectivity index (χ1) is 20.0. The third kappa shape index (κ3) is 10.7. The van der Waals surface area contributed by atoms with E-state index in [9.17, 15) is 40.5 Å². The molecular weight excluding hydrogens is 628 g/mol. The molecule has 4 rings (SSSR count). The fraction of sp³-hybridized carbons (Fsp3) is 0.143. The minimum atomic E-state index is -0.463. The Balaban J connectivity index is 0.000000454. The highest BCUT2D eigenvalue weighted by Crippen LogP contribution is 2.20. The summed E-state index contributed by atoms with van der Waals surface area (Å²) in [7, 11) is 0. The van der Waals surface area contributed by atoms with E-state index in [1.165, 1.54) is 48.5 Å². The van der Waals surface area contributed by atoms with E-state index in [0.29, 0.717) is 19.6 Å². The quantitative estimate of drug-likeness (QED) is 0.0969. The summed E-state index contributed by atoms with van der Waals surface area (Å²) in [4.78, 5) is 43.0. The first kappa shape index (κ1) is 34.1. The fourth-order valence-electron chi connectivity index (χ4n) is 3.82. The third-order valence-electron chi connectivity index (χ3n) is 5.96. The maximum atomic E-state index is 10.9. The zero-order chi connectivity index (χ0) is 30.6. The molecule has 4 aromatic rings. The van der Waals surface area contributed by atoms with Gasteiger partial charge in [0.2, 0.25) is 0 Å². The van der Waals surface area contributed by atoms with Gasteiger partial charge in [-0.1, -0.05) is 64.5 Å². The van der Waals surface area contributed by atoms with E-state index in [0.717, 1.165) is 27.6 Å². The van der Waals surface area contributed by atoms with Crippen molar-refractivity contribution in [2.24, 2.45) is 0 Å². The third-order valence-corrected chi connectivity index (χ3v) is 6.61. The van der Waals surface area contributed by atoms with Crippen LogP contribution in [-0.4, -0.2) is 24.6 Å². The van der Waals surface area contributed by atoms with Gasteiger partial charge in [0, 0.05) is 73.5 Å². The van der Waals surface area contributed by atoms with Crippen molar-refractivity contribution in [3.05, 3.63) is 160 Å². The van der Waals surface area contributed by atoms with Gasteiger partial charge in [-0.15, -0.1) is 0 Å². The van der Waals surface area contributed by atoms with Crippen molar-refractivity contribution >= 4 is 38.7 Å². The molecule has 0 aliphatic carbocycles. The Morgan fingerprint density at radius 1 is 0.442 bits per heavy atom. The molecule has 0 unspecified atom stereocenters. The Bertz CT molecular complexity index is 1390. The van der Waals surface area contributed by atoms with Crippen molar-refractivity contribution in [1.82, 2.24) is 11.1 Å². The zero-order valence-corrected chi connectivity index (χ0v) is 24.2. The van der Waals surface area contributed by atoms with E-state index < -0.39 is 19.7 Å². The summed E-state index contributed by atoms with van der Waals surface area (Å²) in [6.07, 6.45) is 0. The van der Waals surface area contributed by atoms with Crippen LogP contribution in [0.3, 0.4) is 0 Å². The molecule has 0 aromatic heterocycles. The van der Waals surface area contributed by atoms with Crippen LogP contribution in [0.4, 0.5) is 22.7 Å². The number of hydrogen-bond donors (Lipinski definition) is 1. The molecule has 43 heavy (non-hydrogen) atoms. The van der Waals surface area contributed by atoms with Gasteiger partial charge in [0.25, 0.3) is 22.7 Å². The van der Waals surface area contributed by atoms with Gasteiger partial charge in [-0.25, -0.2) is 0 Å². The van der Waals surface area contributed by atoms with Gasteiger partial charge >= 0.3 is 0 Å². The summed E-state index contributed by atoms with van der Waals surface area (Å²) < 4.78 is 0. The Labute approximate surface area is 253 Å². The highest BCUT2D eigenvalue weighted by molar-refractivity contribution is 9.08. The van der Waals surface area contributed by atoms with Gasteiger partial charge in [-0.3, -0.25) is 45.4 Å². The lowest BCUT2D eigenvalue weighted by Crippen LogP contribution is -2.22. The zero-order valence-electron chi connectivity index (χ0n) is 22.7. The van der Waals surface area contributed by atoms with Crippen LogP contribution in [0.25, 0.3) is 0 Å². The first-order valence-electron chi connectivity index (χ1n) is 12.3. The van der Waals surface area contributed by atoms with Gasteiger partial charge in [0.15, 0.2) is 0 Å². The Morgan fingerprint density at radius 2 is 0.651 bits per heavy atom. The molecule has 0 heterocycles. The molecule has 15 heteroatoms. The molecule has 3 N–H and O–H groups in total. The van der Waals surface area contributed by atoms with Crippen molar-refractivity contribution in [2.45, 2.75) is 25.0 Å². The van der Waals surface area contributed by atoms with E-state index in [-0.39, 0.29) is 28.9 Å². The van der Waals surface area contributed by atoms with Crippen LogP contribution in [0.2, 0.25) is 0 Å². The lowest BCUT2D eigenvalue weighted by Gasteiger charge is -2.23. The Morgan fingerprint density at radius 3 is 0.837 bits per heavy atom. The van der Waals surface area contributed by atoms with Gasteiger partial charge in [-0.2, -0.15) is 0 Å². The van der Waals surface area contributed by atoms with Crippen LogP contribution in [0.5, 0.6) is 0 Å². The topological polar surface area (TPSA) is 211 Å². The molecule has 0 spiro atoms. The summed E-state index contributed by atoms with van der Waals surface area (Å²) in [5, 5.41) is 43.5. The van der Waals surface area contributed by atoms with Crippen LogP contribution in [0.1, 0.15) is 22.3 Å². The number of nitro groups is 4. The molecule has 0 amide bonds. The molecule has 0 atom stereocenters. The molecule has 0 aliphatic rings. The summed E-state index contributed by atoms with van der Waals surface area (Å²) >= 11 is 3.25. The summed E-state index contributed by atoms with van der Waals surface area (Å²) in [6, 6.07) is 25.1. The number of halogens is 1. The lowest BCUT2D eigenvalue weighted by molar-refractivity contribution is -0.385. The Hall–Kier alpha value is -5.12. The molecule has 0 saturated carbocycles. The molecule has 0 bridgehead atoms. The monoisotopic (exact) mass is 654 g/mol. The number of nitrogens with zero attached hydrogens (tertiary/aromatic N) is 5. The van der Waals surface area contributed by atoms with Gasteiger partial charge in [0.05, 0.1) is 19.7 Å². The van der Waals surface area contributed by atoms with E-state index in [4.69, 9.17) is 0 Å². The fourth-order valence-corrected chi connectivity index (χ4v) is 4.19. The van der Waals surface area contributed by atoms with Gasteiger partial charge < -0.3 is 6.15 Å². The molecular formula is C28H27BrN6O8. The first-order valence-corrected chi connectivity index (χ1v) is 13.4. The largest absolute Gasteiger partial charge is 0.344 e. The van der Waals surface area contributed by atoms with E-state index >= 15 is 0 Å². The summed E-state index contributed by atoms with van der Waals surface area (Å²) in [5.41, 5.74) is 3.74. The summed E-state index contributed by atoms with van der Waals surface area (Å²) in [5.74, 6) is 0. The number of rotatable bonds is 11. The van der Waals surface area contributed by atoms with Crippen molar-refractivity contribution in [3.8, 4) is 0 Å². The van der Waals surface area contributed by atoms with Crippen molar-refractivity contribution in [1.29, 1.82) is 0 Å². The number of nitro benzene ring substituents is 4. The second kappa shape index (κ2) is 16.4. The average Bonchev–Trinajstić information content (AvgIpc) is 2.98. The van der Waals surface area contributed by atoms with Crippen LogP contribution >= 0.6 is 15.9 Å². The van der Waals surface area contributed by atoms with Crippen molar-refractivity contribution in [3.63, 3.8) is 0 Å². The van der Waals surface area contributed by atoms with Crippen molar-refractivity contribution in [2.75, 3.05) is 0 Å². The minimum Gasteiger partial charge on any atom is -0.344 e. The summed E-state index contributed by atoms with van der Waals surface area (Å²) in [6.45, 7) is 1.39. The lowest BCUT2D eigenvalue weighted by atomic mass is 10.1. The molecule has 224 valence electrons. The smallest absolute Gasteiger partial charge is 0.269 e. The number of hydrogen-bond acceptors (Lipinski definition) is 10. The van der Waals surface area contributed by atoms with Crippen LogP contribution < -0.4 is 6.15 Å². The minimum absolute atomic E-state index is 0.